The summed E-state index contributed by atoms with van der Waals surface area (Å²) < 4.78 is 26.9. The molecule has 0 aliphatic heterocycles. The zero-order valence-corrected chi connectivity index (χ0v) is 19.3. The van der Waals surface area contributed by atoms with E-state index in [9.17, 15) is 13.2 Å². The summed E-state index contributed by atoms with van der Waals surface area (Å²) >= 11 is 2.87. The summed E-state index contributed by atoms with van der Waals surface area (Å²) in [6.45, 7) is 9.50. The summed E-state index contributed by atoms with van der Waals surface area (Å²) in [6.07, 6.45) is 1.10. The van der Waals surface area contributed by atoms with E-state index in [1.54, 1.807) is 24.8 Å². The van der Waals surface area contributed by atoms with Gasteiger partial charge in [-0.15, -0.1) is 10.2 Å². The molecule has 1 atom stereocenters. The van der Waals surface area contributed by atoms with Crippen molar-refractivity contribution in [2.24, 2.45) is 5.92 Å². The van der Waals surface area contributed by atoms with Crippen LogP contribution in [0.3, 0.4) is 0 Å². The van der Waals surface area contributed by atoms with Crippen molar-refractivity contribution in [2.45, 2.75) is 45.0 Å². The Hall–Kier alpha value is -1.65. The predicted molar refractivity (Wildman–Crippen MR) is 117 cm³/mol. The number of anilines is 2. The summed E-state index contributed by atoms with van der Waals surface area (Å²) in [5, 5.41) is 11.1. The molecule has 1 aromatic heterocycles. The molecule has 1 N–H and O–H groups in total. The summed E-state index contributed by atoms with van der Waals surface area (Å²) in [4.78, 5) is 12.8. The fraction of sp³-hybridized carbons (Fsp3) is 0.500. The van der Waals surface area contributed by atoms with Gasteiger partial charge in [-0.05, 0) is 43.9 Å². The monoisotopic (exact) mass is 442 g/mol. The number of nitrogens with one attached hydrogen (secondary N) is 1. The second-order valence-corrected chi connectivity index (χ2v) is 11.2. The summed E-state index contributed by atoms with van der Waals surface area (Å²) in [5.41, 5.74) is 2.19. The smallest absolute Gasteiger partial charge is 0.249 e. The van der Waals surface area contributed by atoms with Crippen LogP contribution in [0.25, 0.3) is 0 Å². The van der Waals surface area contributed by atoms with Gasteiger partial charge in [0.15, 0.2) is 4.34 Å². The number of carbonyl (C=O) groups is 1. The van der Waals surface area contributed by atoms with Crippen molar-refractivity contribution in [1.82, 2.24) is 10.2 Å². The first-order valence-electron chi connectivity index (χ1n) is 8.83. The van der Waals surface area contributed by atoms with Gasteiger partial charge in [-0.3, -0.25) is 14.4 Å². The highest BCUT2D eigenvalue weighted by atomic mass is 32.2. The van der Waals surface area contributed by atoms with Crippen LogP contribution in [0.15, 0.2) is 22.5 Å². The zero-order chi connectivity index (χ0) is 21.1. The molecule has 7 nitrogen and oxygen atoms in total. The highest BCUT2D eigenvalue weighted by molar-refractivity contribution is 8.01. The lowest BCUT2D eigenvalue weighted by Gasteiger charge is -2.29. The number of amides is 1. The van der Waals surface area contributed by atoms with Crippen molar-refractivity contribution in [3.05, 3.63) is 29.3 Å². The summed E-state index contributed by atoms with van der Waals surface area (Å²) in [5.74, 6) is 0.976. The van der Waals surface area contributed by atoms with Gasteiger partial charge in [-0.2, -0.15) is 0 Å². The highest BCUT2D eigenvalue weighted by Gasteiger charge is 2.30. The number of hydrogen-bond acceptors (Lipinski definition) is 7. The average molecular weight is 443 g/mol. The molecule has 0 unspecified atom stereocenters. The molecule has 1 aromatic carbocycles. The third-order valence-electron chi connectivity index (χ3n) is 3.87. The molecule has 0 radical (unpaired) electrons. The van der Waals surface area contributed by atoms with Crippen LogP contribution < -0.4 is 9.62 Å². The van der Waals surface area contributed by atoms with Crippen molar-refractivity contribution in [3.63, 3.8) is 0 Å². The van der Waals surface area contributed by atoms with Gasteiger partial charge in [0.1, 0.15) is 6.04 Å². The van der Waals surface area contributed by atoms with Crippen LogP contribution in [-0.4, -0.2) is 42.6 Å². The predicted octanol–water partition coefficient (Wildman–Crippen LogP) is 3.70. The fourth-order valence-electron chi connectivity index (χ4n) is 2.50. The second-order valence-electron chi connectivity index (χ2n) is 7.09. The van der Waals surface area contributed by atoms with E-state index in [1.165, 1.54) is 11.3 Å². The largest absolute Gasteiger partial charge is 0.299 e. The lowest BCUT2D eigenvalue weighted by molar-refractivity contribution is -0.116. The van der Waals surface area contributed by atoms with E-state index < -0.39 is 22.0 Å². The van der Waals surface area contributed by atoms with Crippen LogP contribution in [0, 0.1) is 19.8 Å². The minimum absolute atomic E-state index is 0.359. The molecule has 0 bridgehead atoms. The molecule has 1 heterocycles. The third kappa shape index (κ3) is 5.92. The number of aromatic nitrogens is 2. The molecule has 0 aliphatic carbocycles. The van der Waals surface area contributed by atoms with Gasteiger partial charge in [0.2, 0.25) is 21.1 Å². The van der Waals surface area contributed by atoms with Gasteiger partial charge in [0.25, 0.3) is 0 Å². The minimum Gasteiger partial charge on any atom is -0.299 e. The molecule has 0 spiro atoms. The van der Waals surface area contributed by atoms with E-state index in [0.29, 0.717) is 16.7 Å². The van der Waals surface area contributed by atoms with Crippen LogP contribution in [-0.2, 0) is 14.8 Å². The standard InChI is InChI=1S/C18H26N4O3S3/c1-11(2)10-26-18-21-20-17(27-18)19-16(23)14(5)22(28(6,24)25)15-9-12(3)7-8-13(15)4/h7-9,11,14H,10H2,1-6H3,(H,19,20,23)/t14-/m1/s1. The van der Waals surface area contributed by atoms with Crippen molar-refractivity contribution in [3.8, 4) is 0 Å². The van der Waals surface area contributed by atoms with Gasteiger partial charge in [0, 0.05) is 5.75 Å². The number of hydrogen-bond donors (Lipinski definition) is 1. The topological polar surface area (TPSA) is 92.3 Å². The van der Waals surface area contributed by atoms with E-state index in [-0.39, 0.29) is 0 Å². The Morgan fingerprint density at radius 3 is 2.54 bits per heavy atom. The van der Waals surface area contributed by atoms with Crippen LogP contribution in [0.5, 0.6) is 0 Å². The van der Waals surface area contributed by atoms with E-state index in [2.05, 4.69) is 29.4 Å². The van der Waals surface area contributed by atoms with E-state index in [4.69, 9.17) is 0 Å². The van der Waals surface area contributed by atoms with Gasteiger partial charge in [0.05, 0.1) is 11.9 Å². The molecule has 0 aliphatic rings. The van der Waals surface area contributed by atoms with Crippen LogP contribution in [0.1, 0.15) is 31.9 Å². The van der Waals surface area contributed by atoms with E-state index in [1.807, 2.05) is 26.0 Å². The van der Waals surface area contributed by atoms with Crippen molar-refractivity contribution in [2.75, 3.05) is 21.6 Å². The maximum absolute atomic E-state index is 12.8. The first kappa shape index (κ1) is 22.6. The second kappa shape index (κ2) is 9.23. The van der Waals surface area contributed by atoms with Gasteiger partial charge in [-0.1, -0.05) is 49.1 Å². The van der Waals surface area contributed by atoms with Crippen LogP contribution >= 0.6 is 23.1 Å². The Morgan fingerprint density at radius 2 is 1.93 bits per heavy atom. The number of thioether (sulfide) groups is 1. The summed E-state index contributed by atoms with van der Waals surface area (Å²) in [7, 11) is -3.67. The van der Waals surface area contributed by atoms with Gasteiger partial charge >= 0.3 is 0 Å². The lowest BCUT2D eigenvalue weighted by atomic mass is 10.1. The van der Waals surface area contributed by atoms with Crippen LogP contribution in [0.2, 0.25) is 0 Å². The van der Waals surface area contributed by atoms with E-state index in [0.717, 1.165) is 31.8 Å². The van der Waals surface area contributed by atoms with Gasteiger partial charge in [-0.25, -0.2) is 8.42 Å². The molecule has 2 aromatic rings. The average Bonchev–Trinajstić information content (AvgIpc) is 3.02. The van der Waals surface area contributed by atoms with Gasteiger partial charge < -0.3 is 0 Å². The maximum atomic E-state index is 12.8. The molecular weight excluding hydrogens is 416 g/mol. The molecule has 2 rings (SSSR count). The first-order valence-corrected chi connectivity index (χ1v) is 12.5. The molecular formula is C18H26N4O3S3. The Bertz CT molecular complexity index is 941. The molecule has 0 fully saturated rings. The molecule has 0 saturated carbocycles. The Morgan fingerprint density at radius 1 is 1.25 bits per heavy atom. The number of sulfonamides is 1. The Balaban J connectivity index is 2.22. The minimum atomic E-state index is -3.67. The normalized spacial score (nSPS) is 12.8. The van der Waals surface area contributed by atoms with Crippen molar-refractivity contribution < 1.29 is 13.2 Å². The lowest BCUT2D eigenvalue weighted by Crippen LogP contribution is -2.45. The Kier molecular flexibility index (Phi) is 7.46. The Labute approximate surface area is 175 Å². The highest BCUT2D eigenvalue weighted by Crippen LogP contribution is 2.29. The van der Waals surface area contributed by atoms with Crippen LogP contribution in [0.4, 0.5) is 10.8 Å². The number of benzene rings is 1. The maximum Gasteiger partial charge on any atom is 0.249 e. The zero-order valence-electron chi connectivity index (χ0n) is 16.9. The van der Waals surface area contributed by atoms with E-state index >= 15 is 0 Å². The first-order chi connectivity index (χ1) is 13.0. The molecule has 154 valence electrons. The molecule has 0 saturated heterocycles. The number of nitrogens with zero attached hydrogens (tertiary/aromatic N) is 3. The third-order valence-corrected chi connectivity index (χ3v) is 7.49. The van der Waals surface area contributed by atoms with Crippen molar-refractivity contribution in [1.29, 1.82) is 0 Å². The number of aryl methyl sites for hydroxylation is 2. The quantitative estimate of drug-likeness (QED) is 0.495. The molecule has 10 heteroatoms. The molecule has 1 amide bonds. The number of rotatable bonds is 8. The SMILES string of the molecule is Cc1ccc(C)c(N([C@H](C)C(=O)Nc2nnc(SCC(C)C)s2)S(C)(=O)=O)c1. The molecule has 28 heavy (non-hydrogen) atoms. The number of carbonyl (C=O) groups excluding carboxylic acids is 1. The fourth-order valence-corrected chi connectivity index (χ4v) is 5.46. The van der Waals surface area contributed by atoms with Crippen molar-refractivity contribution >= 4 is 49.8 Å². The summed E-state index contributed by atoms with van der Waals surface area (Å²) in [6, 6.07) is 4.58.